The summed E-state index contributed by atoms with van der Waals surface area (Å²) in [7, 11) is 0. The number of ether oxygens (including phenoxy) is 1. The van der Waals surface area contributed by atoms with E-state index in [1.807, 2.05) is 42.5 Å². The lowest BCUT2D eigenvalue weighted by molar-refractivity contribution is 0.0998. The van der Waals surface area contributed by atoms with Gasteiger partial charge >= 0.3 is 0 Å². The van der Waals surface area contributed by atoms with Crippen molar-refractivity contribution in [3.63, 3.8) is 0 Å². The van der Waals surface area contributed by atoms with Crippen molar-refractivity contribution >= 4 is 44.2 Å². The number of anilines is 2. The molecule has 1 saturated heterocycles. The minimum atomic E-state index is -0.262. The van der Waals surface area contributed by atoms with Crippen molar-refractivity contribution < 1.29 is 13.9 Å². The highest BCUT2D eigenvalue weighted by atomic mass is 79.9. The Balaban J connectivity index is 1.52. The molecule has 6 heteroatoms. The number of fused-ring (bicyclic) bond motifs is 1. The van der Waals surface area contributed by atoms with Crippen LogP contribution in [-0.4, -0.2) is 32.2 Å². The maximum atomic E-state index is 12.4. The van der Waals surface area contributed by atoms with Gasteiger partial charge in [-0.3, -0.25) is 4.79 Å². The van der Waals surface area contributed by atoms with Gasteiger partial charge in [-0.1, -0.05) is 18.2 Å². The van der Waals surface area contributed by atoms with Crippen molar-refractivity contribution in [2.75, 3.05) is 36.5 Å². The number of para-hydroxylation sites is 1. The van der Waals surface area contributed by atoms with Crippen LogP contribution < -0.4 is 10.2 Å². The molecule has 0 spiro atoms. The predicted octanol–water partition coefficient (Wildman–Crippen LogP) is 4.28. The summed E-state index contributed by atoms with van der Waals surface area (Å²) in [6.07, 6.45) is 0. The van der Waals surface area contributed by atoms with Gasteiger partial charge in [0, 0.05) is 28.6 Å². The average molecular weight is 401 g/mol. The number of nitrogens with zero attached hydrogens (tertiary/aromatic N) is 1. The van der Waals surface area contributed by atoms with E-state index in [2.05, 4.69) is 26.1 Å². The zero-order valence-corrected chi connectivity index (χ0v) is 15.1. The van der Waals surface area contributed by atoms with Crippen LogP contribution in [0.25, 0.3) is 11.0 Å². The van der Waals surface area contributed by atoms with E-state index in [9.17, 15) is 4.79 Å². The van der Waals surface area contributed by atoms with Gasteiger partial charge in [0.25, 0.3) is 5.91 Å². The number of hydrogen-bond donors (Lipinski definition) is 1. The normalized spacial score (nSPS) is 14.7. The molecule has 0 radical (unpaired) electrons. The first-order chi connectivity index (χ1) is 12.2. The lowest BCUT2D eigenvalue weighted by atomic mass is 10.2. The smallest absolute Gasteiger partial charge is 0.291 e. The number of hydrogen-bond acceptors (Lipinski definition) is 4. The number of furan rings is 1. The Hall–Kier alpha value is -2.31. The van der Waals surface area contributed by atoms with E-state index in [1.165, 1.54) is 0 Å². The van der Waals surface area contributed by atoms with Crippen molar-refractivity contribution in [1.29, 1.82) is 0 Å². The molecule has 3 aromatic rings. The van der Waals surface area contributed by atoms with Crippen LogP contribution in [0.1, 0.15) is 10.6 Å². The van der Waals surface area contributed by atoms with E-state index in [0.29, 0.717) is 17.0 Å². The predicted molar refractivity (Wildman–Crippen MR) is 101 cm³/mol. The van der Waals surface area contributed by atoms with E-state index < -0.39 is 0 Å². The van der Waals surface area contributed by atoms with E-state index in [0.717, 1.165) is 41.8 Å². The van der Waals surface area contributed by atoms with Crippen LogP contribution >= 0.6 is 15.9 Å². The molecule has 1 aromatic heterocycles. The van der Waals surface area contributed by atoms with E-state index in [4.69, 9.17) is 9.15 Å². The first-order valence-corrected chi connectivity index (χ1v) is 8.92. The van der Waals surface area contributed by atoms with Gasteiger partial charge in [-0.05, 0) is 46.3 Å². The molecule has 1 N–H and O–H groups in total. The maximum absolute atomic E-state index is 12.4. The Morgan fingerprint density at radius 3 is 2.64 bits per heavy atom. The zero-order chi connectivity index (χ0) is 17.2. The van der Waals surface area contributed by atoms with Crippen molar-refractivity contribution in [3.05, 3.63) is 58.8 Å². The fourth-order valence-electron chi connectivity index (χ4n) is 2.93. The second-order valence-corrected chi connectivity index (χ2v) is 6.72. The molecular weight excluding hydrogens is 384 g/mol. The number of halogens is 1. The topological polar surface area (TPSA) is 54.7 Å². The molecule has 2 aromatic carbocycles. The number of carbonyl (C=O) groups is 1. The summed E-state index contributed by atoms with van der Waals surface area (Å²) in [6, 6.07) is 15.1. The molecule has 0 atom stereocenters. The summed E-state index contributed by atoms with van der Waals surface area (Å²) in [4.78, 5) is 14.7. The minimum Gasteiger partial charge on any atom is -0.451 e. The van der Waals surface area contributed by atoms with Crippen LogP contribution in [-0.2, 0) is 4.74 Å². The second-order valence-electron chi connectivity index (χ2n) is 5.87. The molecule has 0 aliphatic carbocycles. The molecule has 5 nitrogen and oxygen atoms in total. The number of morpholine rings is 1. The molecule has 128 valence electrons. The molecule has 1 aliphatic rings. The molecule has 25 heavy (non-hydrogen) atoms. The summed E-state index contributed by atoms with van der Waals surface area (Å²) in [6.45, 7) is 3.19. The third-order valence-electron chi connectivity index (χ3n) is 4.21. The van der Waals surface area contributed by atoms with Gasteiger partial charge in [0.1, 0.15) is 5.58 Å². The lowest BCUT2D eigenvalue weighted by Crippen LogP contribution is -2.36. The fourth-order valence-corrected chi connectivity index (χ4v) is 3.56. The van der Waals surface area contributed by atoms with Crippen molar-refractivity contribution in [3.8, 4) is 0 Å². The highest BCUT2D eigenvalue weighted by Gasteiger charge is 2.16. The Morgan fingerprint density at radius 1 is 1.08 bits per heavy atom. The standard InChI is InChI=1S/C19H17BrN2O3/c20-15-12-14(5-6-16(15)22-7-9-24-10-8-22)21-19(23)18-11-13-3-1-2-4-17(13)25-18/h1-6,11-12H,7-10H2,(H,21,23). The van der Waals surface area contributed by atoms with Crippen molar-refractivity contribution in [2.45, 2.75) is 0 Å². The number of carbonyl (C=O) groups excluding carboxylic acids is 1. The van der Waals surface area contributed by atoms with Gasteiger partial charge in [-0.2, -0.15) is 0 Å². The molecule has 0 unspecified atom stereocenters. The Bertz CT molecular complexity index is 883. The summed E-state index contributed by atoms with van der Waals surface area (Å²) in [5.74, 6) is 0.0387. The van der Waals surface area contributed by atoms with Gasteiger partial charge in [0.05, 0.1) is 18.9 Å². The van der Waals surface area contributed by atoms with E-state index in [-0.39, 0.29) is 5.91 Å². The summed E-state index contributed by atoms with van der Waals surface area (Å²) in [5, 5.41) is 3.80. The minimum absolute atomic E-state index is 0.262. The first kappa shape index (κ1) is 16.2. The number of rotatable bonds is 3. The van der Waals surface area contributed by atoms with Gasteiger partial charge in [0.15, 0.2) is 5.76 Å². The molecule has 0 saturated carbocycles. The van der Waals surface area contributed by atoms with Gasteiger partial charge < -0.3 is 19.4 Å². The second kappa shape index (κ2) is 6.90. The summed E-state index contributed by atoms with van der Waals surface area (Å²) >= 11 is 3.60. The first-order valence-electron chi connectivity index (χ1n) is 8.13. The highest BCUT2D eigenvalue weighted by molar-refractivity contribution is 9.10. The summed E-state index contributed by atoms with van der Waals surface area (Å²) < 4.78 is 11.9. The number of benzene rings is 2. The van der Waals surface area contributed by atoms with Crippen LogP contribution in [0.4, 0.5) is 11.4 Å². The molecule has 1 aliphatic heterocycles. The van der Waals surface area contributed by atoms with Crippen molar-refractivity contribution in [2.24, 2.45) is 0 Å². The van der Waals surface area contributed by atoms with Crippen molar-refractivity contribution in [1.82, 2.24) is 0 Å². The molecule has 4 rings (SSSR count). The number of nitrogens with one attached hydrogen (secondary N) is 1. The lowest BCUT2D eigenvalue weighted by Gasteiger charge is -2.29. The Kier molecular flexibility index (Phi) is 4.46. The maximum Gasteiger partial charge on any atom is 0.291 e. The molecule has 0 bridgehead atoms. The monoisotopic (exact) mass is 400 g/mol. The Labute approximate surface area is 153 Å². The largest absolute Gasteiger partial charge is 0.451 e. The molecule has 2 heterocycles. The fraction of sp³-hybridized carbons (Fsp3) is 0.211. The van der Waals surface area contributed by atoms with E-state index in [1.54, 1.807) is 6.07 Å². The Morgan fingerprint density at radius 2 is 1.88 bits per heavy atom. The van der Waals surface area contributed by atoms with Crippen LogP contribution in [0.2, 0.25) is 0 Å². The zero-order valence-electron chi connectivity index (χ0n) is 13.5. The summed E-state index contributed by atoms with van der Waals surface area (Å²) in [5.41, 5.74) is 2.52. The van der Waals surface area contributed by atoms with Crippen LogP contribution in [0.3, 0.4) is 0 Å². The van der Waals surface area contributed by atoms with Gasteiger partial charge in [-0.15, -0.1) is 0 Å². The third kappa shape index (κ3) is 3.41. The quantitative estimate of drug-likeness (QED) is 0.712. The third-order valence-corrected chi connectivity index (χ3v) is 4.84. The molecular formula is C19H17BrN2O3. The van der Waals surface area contributed by atoms with Gasteiger partial charge in [0.2, 0.25) is 0 Å². The van der Waals surface area contributed by atoms with E-state index >= 15 is 0 Å². The highest BCUT2D eigenvalue weighted by Crippen LogP contribution is 2.30. The SMILES string of the molecule is O=C(Nc1ccc(N2CCOCC2)c(Br)c1)c1cc2ccccc2o1. The van der Waals surface area contributed by atoms with Crippen LogP contribution in [0.5, 0.6) is 0 Å². The van der Waals surface area contributed by atoms with Crippen LogP contribution in [0, 0.1) is 0 Å². The molecule has 1 amide bonds. The molecule has 1 fully saturated rings. The average Bonchev–Trinajstić information content (AvgIpc) is 3.07. The van der Waals surface area contributed by atoms with Crippen LogP contribution in [0.15, 0.2) is 57.4 Å². The van der Waals surface area contributed by atoms with Gasteiger partial charge in [-0.25, -0.2) is 0 Å². The number of amides is 1.